The molecule has 1 saturated heterocycles. The standard InChI is InChI=1S/C14H22N2O3/c1-9-4-3-5-10(2)16(9)14(19)15-12-7-6-11(8-12)13(17)18/h6-7,9-12H,3-5,8H2,1-2H3,(H,15,19)(H,17,18)/t9-,10+,11?,12?. The van der Waals surface area contributed by atoms with Gasteiger partial charge in [-0.2, -0.15) is 0 Å². The minimum atomic E-state index is -0.826. The molecule has 2 unspecified atom stereocenters. The van der Waals surface area contributed by atoms with Gasteiger partial charge in [0.2, 0.25) is 0 Å². The molecule has 2 rings (SSSR count). The normalized spacial score (nSPS) is 34.3. The molecule has 1 aliphatic heterocycles. The van der Waals surface area contributed by atoms with Crippen molar-refractivity contribution >= 4 is 12.0 Å². The van der Waals surface area contributed by atoms with Crippen LogP contribution in [0.4, 0.5) is 4.79 Å². The molecule has 5 nitrogen and oxygen atoms in total. The second-order valence-electron chi connectivity index (χ2n) is 5.66. The van der Waals surface area contributed by atoms with Crippen molar-refractivity contribution in [2.24, 2.45) is 5.92 Å². The molecule has 2 aliphatic rings. The van der Waals surface area contributed by atoms with Crippen molar-refractivity contribution in [3.05, 3.63) is 12.2 Å². The molecule has 0 bridgehead atoms. The third kappa shape index (κ3) is 3.08. The summed E-state index contributed by atoms with van der Waals surface area (Å²) >= 11 is 0. The number of carboxylic acids is 1. The van der Waals surface area contributed by atoms with Gasteiger partial charge in [-0.25, -0.2) is 4.79 Å². The van der Waals surface area contributed by atoms with E-state index in [1.54, 1.807) is 12.2 Å². The first-order valence-electron chi connectivity index (χ1n) is 6.99. The number of carbonyl (C=O) groups excluding carboxylic acids is 1. The van der Waals surface area contributed by atoms with Crippen molar-refractivity contribution < 1.29 is 14.7 Å². The second-order valence-corrected chi connectivity index (χ2v) is 5.66. The van der Waals surface area contributed by atoms with Gasteiger partial charge in [0.1, 0.15) is 0 Å². The Morgan fingerprint density at radius 3 is 2.37 bits per heavy atom. The molecule has 2 N–H and O–H groups in total. The largest absolute Gasteiger partial charge is 0.481 e. The minimum absolute atomic E-state index is 0.0691. The van der Waals surface area contributed by atoms with Gasteiger partial charge in [-0.3, -0.25) is 4.79 Å². The van der Waals surface area contributed by atoms with Gasteiger partial charge in [0, 0.05) is 12.1 Å². The number of urea groups is 1. The maximum Gasteiger partial charge on any atom is 0.318 e. The van der Waals surface area contributed by atoms with E-state index < -0.39 is 11.9 Å². The summed E-state index contributed by atoms with van der Waals surface area (Å²) in [6.45, 7) is 4.14. The molecule has 0 aromatic carbocycles. The van der Waals surface area contributed by atoms with Crippen molar-refractivity contribution in [2.45, 2.75) is 57.7 Å². The van der Waals surface area contributed by atoms with Gasteiger partial charge in [0.05, 0.1) is 12.0 Å². The van der Waals surface area contributed by atoms with Crippen molar-refractivity contribution in [3.63, 3.8) is 0 Å². The van der Waals surface area contributed by atoms with Crippen molar-refractivity contribution in [2.75, 3.05) is 0 Å². The predicted molar refractivity (Wildman–Crippen MR) is 71.8 cm³/mol. The average molecular weight is 266 g/mol. The Labute approximate surface area is 113 Å². The Kier molecular flexibility index (Phi) is 4.12. The van der Waals surface area contributed by atoms with Gasteiger partial charge in [0.25, 0.3) is 0 Å². The SMILES string of the molecule is C[C@@H]1CCC[C@H](C)N1C(=O)NC1C=CC(C(=O)O)C1. The van der Waals surface area contributed by atoms with E-state index in [1.807, 2.05) is 4.90 Å². The molecular weight excluding hydrogens is 244 g/mol. The Morgan fingerprint density at radius 2 is 1.84 bits per heavy atom. The summed E-state index contributed by atoms with van der Waals surface area (Å²) in [5, 5.41) is 11.9. The molecule has 1 aliphatic carbocycles. The summed E-state index contributed by atoms with van der Waals surface area (Å²) in [5.74, 6) is -1.30. The summed E-state index contributed by atoms with van der Waals surface area (Å²) in [6.07, 6.45) is 7.15. The Hall–Kier alpha value is -1.52. The molecular formula is C14H22N2O3. The molecule has 0 spiro atoms. The molecule has 0 aromatic rings. The molecule has 0 radical (unpaired) electrons. The van der Waals surface area contributed by atoms with Gasteiger partial charge in [-0.15, -0.1) is 0 Å². The maximum atomic E-state index is 12.3. The zero-order valence-corrected chi connectivity index (χ0v) is 11.5. The number of nitrogens with zero attached hydrogens (tertiary/aromatic N) is 1. The summed E-state index contributed by atoms with van der Waals surface area (Å²) in [5.41, 5.74) is 0. The lowest BCUT2D eigenvalue weighted by molar-refractivity contribution is -0.140. The molecule has 1 fully saturated rings. The van der Waals surface area contributed by atoms with E-state index >= 15 is 0 Å². The van der Waals surface area contributed by atoms with E-state index in [9.17, 15) is 9.59 Å². The zero-order chi connectivity index (χ0) is 14.0. The highest BCUT2D eigenvalue weighted by Crippen LogP contribution is 2.23. The average Bonchev–Trinajstić information content (AvgIpc) is 2.77. The first-order chi connectivity index (χ1) is 8.99. The van der Waals surface area contributed by atoms with Crippen molar-refractivity contribution in [3.8, 4) is 0 Å². The van der Waals surface area contributed by atoms with E-state index in [1.165, 1.54) is 0 Å². The molecule has 0 saturated carbocycles. The fourth-order valence-electron chi connectivity index (χ4n) is 3.04. The number of rotatable bonds is 2. The van der Waals surface area contributed by atoms with Crippen molar-refractivity contribution in [1.82, 2.24) is 10.2 Å². The minimum Gasteiger partial charge on any atom is -0.481 e. The number of carbonyl (C=O) groups is 2. The number of nitrogens with one attached hydrogen (secondary N) is 1. The van der Waals surface area contributed by atoms with Crippen LogP contribution in [0.2, 0.25) is 0 Å². The highest BCUT2D eigenvalue weighted by atomic mass is 16.4. The smallest absolute Gasteiger partial charge is 0.318 e. The van der Waals surface area contributed by atoms with E-state index in [-0.39, 0.29) is 24.2 Å². The van der Waals surface area contributed by atoms with Crippen LogP contribution < -0.4 is 5.32 Å². The van der Waals surface area contributed by atoms with Crippen LogP contribution >= 0.6 is 0 Å². The topological polar surface area (TPSA) is 69.6 Å². The van der Waals surface area contributed by atoms with Crippen molar-refractivity contribution in [1.29, 1.82) is 0 Å². The first-order valence-corrected chi connectivity index (χ1v) is 6.99. The summed E-state index contributed by atoms with van der Waals surface area (Å²) < 4.78 is 0. The summed E-state index contributed by atoms with van der Waals surface area (Å²) in [4.78, 5) is 25.0. The lowest BCUT2D eigenvalue weighted by Gasteiger charge is -2.39. The molecule has 106 valence electrons. The molecule has 1 heterocycles. The van der Waals surface area contributed by atoms with Gasteiger partial charge in [0.15, 0.2) is 0 Å². The van der Waals surface area contributed by atoms with Crippen LogP contribution in [0.1, 0.15) is 39.5 Å². The monoisotopic (exact) mass is 266 g/mol. The summed E-state index contributed by atoms with van der Waals surface area (Å²) in [7, 11) is 0. The molecule has 19 heavy (non-hydrogen) atoms. The Bertz CT molecular complexity index is 384. The number of hydrogen-bond donors (Lipinski definition) is 2. The van der Waals surface area contributed by atoms with Crippen LogP contribution in [0, 0.1) is 5.92 Å². The lowest BCUT2D eigenvalue weighted by atomic mass is 9.98. The zero-order valence-electron chi connectivity index (χ0n) is 11.5. The van der Waals surface area contributed by atoms with Gasteiger partial charge in [-0.05, 0) is 39.5 Å². The fraction of sp³-hybridized carbons (Fsp3) is 0.714. The third-order valence-electron chi connectivity index (χ3n) is 4.14. The highest BCUT2D eigenvalue weighted by molar-refractivity contribution is 5.77. The van der Waals surface area contributed by atoms with E-state index in [0.717, 1.165) is 19.3 Å². The van der Waals surface area contributed by atoms with Gasteiger partial charge >= 0.3 is 12.0 Å². The quantitative estimate of drug-likeness (QED) is 0.751. The molecule has 4 atom stereocenters. The van der Waals surface area contributed by atoms with E-state index in [0.29, 0.717) is 6.42 Å². The number of aliphatic carboxylic acids is 1. The van der Waals surface area contributed by atoms with E-state index in [4.69, 9.17) is 5.11 Å². The van der Waals surface area contributed by atoms with Crippen LogP contribution in [0.3, 0.4) is 0 Å². The highest BCUT2D eigenvalue weighted by Gasteiger charge is 2.31. The van der Waals surface area contributed by atoms with E-state index in [2.05, 4.69) is 19.2 Å². The third-order valence-corrected chi connectivity index (χ3v) is 4.14. The molecule has 5 heteroatoms. The lowest BCUT2D eigenvalue weighted by Crippen LogP contribution is -2.53. The number of likely N-dealkylation sites (tertiary alicyclic amines) is 1. The Balaban J connectivity index is 1.91. The predicted octanol–water partition coefficient (Wildman–Crippen LogP) is 1.99. The molecule has 0 aromatic heterocycles. The fourth-order valence-corrected chi connectivity index (χ4v) is 3.04. The van der Waals surface area contributed by atoms with Crippen LogP contribution in [0.15, 0.2) is 12.2 Å². The van der Waals surface area contributed by atoms with Crippen LogP contribution in [0.5, 0.6) is 0 Å². The van der Waals surface area contributed by atoms with Crippen LogP contribution in [0.25, 0.3) is 0 Å². The number of hydrogen-bond acceptors (Lipinski definition) is 2. The summed E-state index contributed by atoms with van der Waals surface area (Å²) in [6, 6.07) is 0.282. The Morgan fingerprint density at radius 1 is 1.21 bits per heavy atom. The van der Waals surface area contributed by atoms with Crippen LogP contribution in [-0.4, -0.2) is 40.1 Å². The number of piperidine rings is 1. The maximum absolute atomic E-state index is 12.3. The first kappa shape index (κ1) is 13.9. The van der Waals surface area contributed by atoms with Gasteiger partial charge in [-0.1, -0.05) is 12.2 Å². The molecule has 2 amide bonds. The van der Waals surface area contributed by atoms with Gasteiger partial charge < -0.3 is 15.3 Å². The number of amides is 2. The van der Waals surface area contributed by atoms with Crippen LogP contribution in [-0.2, 0) is 4.79 Å². The second kappa shape index (κ2) is 5.63. The number of carboxylic acid groups (broad SMARTS) is 1.